The lowest BCUT2D eigenvalue weighted by molar-refractivity contribution is 0.627. The molecule has 0 atom stereocenters. The van der Waals surface area contributed by atoms with Gasteiger partial charge in [-0.3, -0.25) is 4.99 Å². The molecule has 0 aromatic heterocycles. The summed E-state index contributed by atoms with van der Waals surface area (Å²) in [6.07, 6.45) is 2.31. The van der Waals surface area contributed by atoms with Crippen LogP contribution >= 0.6 is 11.6 Å². The fraction of sp³-hybridized carbons (Fsp3) is 0.250. The van der Waals surface area contributed by atoms with Crippen LogP contribution in [0, 0.1) is 5.82 Å². The first-order chi connectivity index (χ1) is 8.13. The molecule has 0 amide bonds. The Balaban J connectivity index is 2.47. The zero-order valence-electron chi connectivity index (χ0n) is 9.42. The molecule has 1 aromatic carbocycles. The predicted octanol–water partition coefficient (Wildman–Crippen LogP) is 2.11. The van der Waals surface area contributed by atoms with E-state index in [1.165, 1.54) is 12.1 Å². The van der Waals surface area contributed by atoms with E-state index in [4.69, 9.17) is 17.3 Å². The molecule has 0 aliphatic rings. The van der Waals surface area contributed by atoms with E-state index in [0.717, 1.165) is 5.56 Å². The number of benzene rings is 1. The Labute approximate surface area is 105 Å². The van der Waals surface area contributed by atoms with E-state index in [9.17, 15) is 4.39 Å². The first-order valence-electron chi connectivity index (χ1n) is 5.22. The molecule has 1 aromatic rings. The van der Waals surface area contributed by atoms with E-state index in [1.807, 2.05) is 0 Å². The molecule has 0 unspecified atom stereocenters. The number of rotatable bonds is 5. The number of nitrogens with two attached hydrogens (primary N) is 1. The topological polar surface area (TPSA) is 50.4 Å². The summed E-state index contributed by atoms with van der Waals surface area (Å²) in [6.45, 7) is 4.63. The lowest BCUT2D eigenvalue weighted by Gasteiger charge is -2.04. The van der Waals surface area contributed by atoms with Crippen molar-refractivity contribution in [3.8, 4) is 0 Å². The van der Waals surface area contributed by atoms with Gasteiger partial charge in [0.05, 0.1) is 0 Å². The van der Waals surface area contributed by atoms with Gasteiger partial charge in [0.15, 0.2) is 5.96 Å². The molecule has 0 saturated carbocycles. The van der Waals surface area contributed by atoms with Gasteiger partial charge in [-0.1, -0.05) is 23.7 Å². The van der Waals surface area contributed by atoms with Gasteiger partial charge in [-0.05, 0) is 24.1 Å². The van der Waals surface area contributed by atoms with Gasteiger partial charge in [-0.25, -0.2) is 4.39 Å². The van der Waals surface area contributed by atoms with E-state index >= 15 is 0 Å². The molecule has 1 rings (SSSR count). The maximum atomic E-state index is 12.8. The summed E-state index contributed by atoms with van der Waals surface area (Å²) in [7, 11) is 0. The third-order valence-corrected chi connectivity index (χ3v) is 2.46. The quantitative estimate of drug-likeness (QED) is 0.481. The molecule has 0 radical (unpaired) electrons. The summed E-state index contributed by atoms with van der Waals surface area (Å²) in [5.41, 5.74) is 6.44. The van der Waals surface area contributed by atoms with Crippen molar-refractivity contribution in [3.63, 3.8) is 0 Å². The monoisotopic (exact) mass is 255 g/mol. The van der Waals surface area contributed by atoms with E-state index in [0.29, 0.717) is 30.5 Å². The van der Waals surface area contributed by atoms with Crippen LogP contribution in [0.15, 0.2) is 35.8 Å². The van der Waals surface area contributed by atoms with Crippen molar-refractivity contribution in [1.82, 2.24) is 5.32 Å². The lowest BCUT2D eigenvalue weighted by Crippen LogP contribution is -2.31. The molecule has 3 N–H and O–H groups in total. The molecule has 0 heterocycles. The highest BCUT2D eigenvalue weighted by molar-refractivity contribution is 6.31. The standard InChI is InChI=1S/C12H15ClFN3/c1-2-6-16-12(15)17-7-5-9-3-4-10(14)8-11(9)13/h2-4,8H,1,5-7H2,(H3,15,16,17). The number of nitrogens with one attached hydrogen (secondary N) is 1. The second-order valence-corrected chi connectivity index (χ2v) is 3.83. The Morgan fingerprint density at radius 2 is 2.35 bits per heavy atom. The van der Waals surface area contributed by atoms with Crippen molar-refractivity contribution in [2.75, 3.05) is 13.1 Å². The highest BCUT2D eigenvalue weighted by atomic mass is 35.5. The number of hydrogen-bond acceptors (Lipinski definition) is 1. The molecule has 0 saturated heterocycles. The van der Waals surface area contributed by atoms with Crippen molar-refractivity contribution in [1.29, 1.82) is 0 Å². The van der Waals surface area contributed by atoms with Gasteiger partial charge in [0, 0.05) is 18.1 Å². The molecule has 0 fully saturated rings. The van der Waals surface area contributed by atoms with Gasteiger partial charge in [0.1, 0.15) is 5.82 Å². The Morgan fingerprint density at radius 1 is 1.59 bits per heavy atom. The first-order valence-corrected chi connectivity index (χ1v) is 5.60. The van der Waals surface area contributed by atoms with Crippen molar-refractivity contribution in [3.05, 3.63) is 47.3 Å². The molecule has 92 valence electrons. The highest BCUT2D eigenvalue weighted by Crippen LogP contribution is 2.17. The van der Waals surface area contributed by atoms with Crippen LogP contribution in [-0.4, -0.2) is 19.0 Å². The fourth-order valence-corrected chi connectivity index (χ4v) is 1.52. The van der Waals surface area contributed by atoms with Crippen LogP contribution in [0.4, 0.5) is 4.39 Å². The van der Waals surface area contributed by atoms with Crippen molar-refractivity contribution >= 4 is 17.6 Å². The lowest BCUT2D eigenvalue weighted by atomic mass is 10.1. The van der Waals surface area contributed by atoms with Gasteiger partial charge in [0.2, 0.25) is 0 Å². The van der Waals surface area contributed by atoms with E-state index in [1.54, 1.807) is 12.1 Å². The average molecular weight is 256 g/mol. The van der Waals surface area contributed by atoms with Gasteiger partial charge < -0.3 is 11.1 Å². The molecule has 3 nitrogen and oxygen atoms in total. The smallest absolute Gasteiger partial charge is 0.188 e. The van der Waals surface area contributed by atoms with Crippen molar-refractivity contribution in [2.24, 2.45) is 10.7 Å². The molecular formula is C12H15ClFN3. The molecular weight excluding hydrogens is 241 g/mol. The molecule has 0 aliphatic heterocycles. The van der Waals surface area contributed by atoms with Crippen molar-refractivity contribution in [2.45, 2.75) is 6.42 Å². The third kappa shape index (κ3) is 4.87. The number of aliphatic imine (C=N–C) groups is 1. The maximum Gasteiger partial charge on any atom is 0.188 e. The predicted molar refractivity (Wildman–Crippen MR) is 69.8 cm³/mol. The Bertz CT molecular complexity index is 418. The number of guanidine groups is 1. The summed E-state index contributed by atoms with van der Waals surface area (Å²) in [6, 6.07) is 4.32. The van der Waals surface area contributed by atoms with Crippen LogP contribution in [0.1, 0.15) is 5.56 Å². The van der Waals surface area contributed by atoms with Gasteiger partial charge in [-0.15, -0.1) is 6.58 Å². The average Bonchev–Trinajstić information content (AvgIpc) is 2.29. The minimum atomic E-state index is -0.339. The molecule has 0 bridgehead atoms. The van der Waals surface area contributed by atoms with E-state index in [2.05, 4.69) is 16.9 Å². The molecule has 0 spiro atoms. The Kier molecular flexibility index (Phi) is 5.49. The molecule has 0 aliphatic carbocycles. The SMILES string of the molecule is C=CCNC(N)=NCCc1ccc(F)cc1Cl. The van der Waals surface area contributed by atoms with Gasteiger partial charge in [0.25, 0.3) is 0 Å². The second kappa shape index (κ2) is 6.91. The maximum absolute atomic E-state index is 12.8. The number of hydrogen-bond donors (Lipinski definition) is 2. The number of halogens is 2. The highest BCUT2D eigenvalue weighted by Gasteiger charge is 2.01. The van der Waals surface area contributed by atoms with E-state index in [-0.39, 0.29) is 5.82 Å². The van der Waals surface area contributed by atoms with Gasteiger partial charge in [-0.2, -0.15) is 0 Å². The van der Waals surface area contributed by atoms with E-state index < -0.39 is 0 Å². The van der Waals surface area contributed by atoms with Crippen LogP contribution < -0.4 is 11.1 Å². The van der Waals surface area contributed by atoms with Crippen LogP contribution in [0.5, 0.6) is 0 Å². The van der Waals surface area contributed by atoms with Crippen LogP contribution in [-0.2, 0) is 6.42 Å². The summed E-state index contributed by atoms with van der Waals surface area (Å²) in [5.74, 6) is 0.0255. The molecule has 5 heteroatoms. The second-order valence-electron chi connectivity index (χ2n) is 3.42. The van der Waals surface area contributed by atoms with Crippen LogP contribution in [0.2, 0.25) is 5.02 Å². The summed E-state index contributed by atoms with van der Waals surface area (Å²) in [5, 5.41) is 3.27. The minimum Gasteiger partial charge on any atom is -0.370 e. The van der Waals surface area contributed by atoms with Crippen molar-refractivity contribution < 1.29 is 4.39 Å². The Hall–Kier alpha value is -1.55. The third-order valence-electron chi connectivity index (χ3n) is 2.11. The van der Waals surface area contributed by atoms with Gasteiger partial charge >= 0.3 is 0 Å². The largest absolute Gasteiger partial charge is 0.370 e. The summed E-state index contributed by atoms with van der Waals surface area (Å²) in [4.78, 5) is 4.10. The van der Waals surface area contributed by atoms with Crippen LogP contribution in [0.25, 0.3) is 0 Å². The zero-order valence-corrected chi connectivity index (χ0v) is 10.2. The van der Waals surface area contributed by atoms with Crippen LogP contribution in [0.3, 0.4) is 0 Å². The fourth-order valence-electron chi connectivity index (χ4n) is 1.25. The normalized spacial score (nSPS) is 11.3. The number of nitrogens with zero attached hydrogens (tertiary/aromatic N) is 1. The Morgan fingerprint density at radius 3 is 3.00 bits per heavy atom. The summed E-state index contributed by atoms with van der Waals surface area (Å²) >= 11 is 5.88. The molecule has 17 heavy (non-hydrogen) atoms. The minimum absolute atomic E-state index is 0.339. The summed E-state index contributed by atoms with van der Waals surface area (Å²) < 4.78 is 12.8. The zero-order chi connectivity index (χ0) is 12.7. The first kappa shape index (κ1) is 13.5.